The molecule has 1 aromatic heterocycles. The van der Waals surface area contributed by atoms with Crippen LogP contribution in [0.1, 0.15) is 32.3 Å². The Morgan fingerprint density at radius 3 is 2.57 bits per heavy atom. The molecule has 0 spiro atoms. The van der Waals surface area contributed by atoms with Crippen LogP contribution in [0.15, 0.2) is 30.5 Å². The molecular weight excluding hydrogens is 266 g/mol. The zero-order valence-electron chi connectivity index (χ0n) is 12.4. The summed E-state index contributed by atoms with van der Waals surface area (Å²) >= 11 is 0. The molecule has 2 N–H and O–H groups in total. The van der Waals surface area contributed by atoms with E-state index < -0.39 is 11.9 Å². The zero-order valence-corrected chi connectivity index (χ0v) is 12.4. The Morgan fingerprint density at radius 1 is 1.19 bits per heavy atom. The molecule has 0 aliphatic heterocycles. The van der Waals surface area contributed by atoms with E-state index in [1.165, 1.54) is 0 Å². The largest absolute Gasteiger partial charge is 0.481 e. The molecule has 0 bridgehead atoms. The lowest BCUT2D eigenvalue weighted by atomic mass is 9.91. The molecule has 2 rings (SSSR count). The fraction of sp³-hybridized carbons (Fsp3) is 0.412. The first-order valence-corrected chi connectivity index (χ1v) is 7.27. The van der Waals surface area contributed by atoms with Gasteiger partial charge in [-0.1, -0.05) is 32.0 Å². The average Bonchev–Trinajstić information content (AvgIpc) is 2.80. The second-order valence-electron chi connectivity index (χ2n) is 5.94. The van der Waals surface area contributed by atoms with E-state index in [2.05, 4.69) is 4.98 Å². The highest BCUT2D eigenvalue weighted by molar-refractivity contribution is 5.86. The fourth-order valence-corrected chi connectivity index (χ4v) is 2.63. The maximum Gasteiger partial charge on any atom is 0.307 e. The first-order chi connectivity index (χ1) is 9.97. The highest BCUT2D eigenvalue weighted by Gasteiger charge is 2.23. The topological polar surface area (TPSA) is 70.2 Å². The Kier molecular flexibility index (Phi) is 4.78. The van der Waals surface area contributed by atoms with Crippen LogP contribution in [0.2, 0.25) is 0 Å². The number of aromatic nitrogens is 1. The van der Waals surface area contributed by atoms with Crippen molar-refractivity contribution in [3.8, 4) is 0 Å². The molecule has 1 atom stereocenters. The van der Waals surface area contributed by atoms with Crippen LogP contribution in [0.25, 0.3) is 10.9 Å². The standard InChI is InChI=1S/C17H21NO3/c1-11(2)7-14(19)9-12(17(20)21)8-13-10-18-16-6-4-3-5-15(13)16/h3-6,10-12,18H,7-9H2,1-2H3,(H,20,21). The van der Waals surface area contributed by atoms with Crippen molar-refractivity contribution in [2.45, 2.75) is 33.1 Å². The van der Waals surface area contributed by atoms with Crippen molar-refractivity contribution in [1.82, 2.24) is 4.98 Å². The number of para-hydroxylation sites is 1. The minimum Gasteiger partial charge on any atom is -0.481 e. The smallest absolute Gasteiger partial charge is 0.307 e. The van der Waals surface area contributed by atoms with Gasteiger partial charge in [-0.15, -0.1) is 0 Å². The van der Waals surface area contributed by atoms with E-state index in [4.69, 9.17) is 0 Å². The number of carbonyl (C=O) groups excluding carboxylic acids is 1. The number of fused-ring (bicyclic) bond motifs is 1. The van der Waals surface area contributed by atoms with Gasteiger partial charge in [-0.05, 0) is 24.0 Å². The van der Waals surface area contributed by atoms with E-state index in [1.807, 2.05) is 44.3 Å². The summed E-state index contributed by atoms with van der Waals surface area (Å²) in [5.41, 5.74) is 1.94. The van der Waals surface area contributed by atoms with Gasteiger partial charge in [0.25, 0.3) is 0 Å². The number of rotatable bonds is 7. The van der Waals surface area contributed by atoms with Crippen molar-refractivity contribution in [1.29, 1.82) is 0 Å². The van der Waals surface area contributed by atoms with E-state index in [-0.39, 0.29) is 18.1 Å². The molecular formula is C17H21NO3. The summed E-state index contributed by atoms with van der Waals surface area (Å²) in [6, 6.07) is 7.79. The predicted molar refractivity (Wildman–Crippen MR) is 82.2 cm³/mol. The summed E-state index contributed by atoms with van der Waals surface area (Å²) in [5.74, 6) is -1.27. The van der Waals surface area contributed by atoms with Crippen LogP contribution in [0, 0.1) is 11.8 Å². The number of H-pyrrole nitrogens is 1. The molecule has 0 saturated heterocycles. The van der Waals surface area contributed by atoms with Crippen LogP contribution in [0.3, 0.4) is 0 Å². The second kappa shape index (κ2) is 6.57. The van der Waals surface area contributed by atoms with Gasteiger partial charge in [-0.2, -0.15) is 0 Å². The first kappa shape index (κ1) is 15.3. The first-order valence-electron chi connectivity index (χ1n) is 7.27. The molecule has 2 aromatic rings. The van der Waals surface area contributed by atoms with Crippen LogP contribution in [-0.2, 0) is 16.0 Å². The minimum atomic E-state index is -0.905. The Balaban J connectivity index is 2.13. The Morgan fingerprint density at radius 2 is 1.90 bits per heavy atom. The highest BCUT2D eigenvalue weighted by atomic mass is 16.4. The van der Waals surface area contributed by atoms with Gasteiger partial charge in [0.2, 0.25) is 0 Å². The summed E-state index contributed by atoms with van der Waals surface area (Å²) in [6.45, 7) is 3.93. The van der Waals surface area contributed by atoms with Gasteiger partial charge in [0.15, 0.2) is 0 Å². The van der Waals surface area contributed by atoms with Gasteiger partial charge in [-0.25, -0.2) is 0 Å². The lowest BCUT2D eigenvalue weighted by molar-refractivity contribution is -0.143. The predicted octanol–water partition coefficient (Wildman–Crippen LogP) is 3.42. The zero-order chi connectivity index (χ0) is 15.4. The molecule has 4 heteroatoms. The number of carboxylic acid groups (broad SMARTS) is 1. The molecule has 0 fully saturated rings. The Labute approximate surface area is 124 Å². The van der Waals surface area contributed by atoms with Gasteiger partial charge in [0, 0.05) is 29.9 Å². The van der Waals surface area contributed by atoms with Crippen molar-refractivity contribution in [2.24, 2.45) is 11.8 Å². The summed E-state index contributed by atoms with van der Waals surface area (Å²) < 4.78 is 0. The van der Waals surface area contributed by atoms with Crippen molar-refractivity contribution in [3.05, 3.63) is 36.0 Å². The molecule has 4 nitrogen and oxygen atoms in total. The fourth-order valence-electron chi connectivity index (χ4n) is 2.63. The number of carboxylic acids is 1. The van der Waals surface area contributed by atoms with Gasteiger partial charge < -0.3 is 10.1 Å². The third-order valence-electron chi connectivity index (χ3n) is 3.60. The van der Waals surface area contributed by atoms with E-state index in [9.17, 15) is 14.7 Å². The molecule has 0 saturated carbocycles. The van der Waals surface area contributed by atoms with Crippen LogP contribution < -0.4 is 0 Å². The van der Waals surface area contributed by atoms with Crippen molar-refractivity contribution >= 4 is 22.7 Å². The van der Waals surface area contributed by atoms with Crippen LogP contribution in [0.5, 0.6) is 0 Å². The summed E-state index contributed by atoms with van der Waals surface area (Å²) in [4.78, 5) is 26.5. The van der Waals surface area contributed by atoms with Gasteiger partial charge >= 0.3 is 5.97 Å². The van der Waals surface area contributed by atoms with Crippen molar-refractivity contribution < 1.29 is 14.7 Å². The lowest BCUT2D eigenvalue weighted by Crippen LogP contribution is -2.21. The number of benzene rings is 1. The highest BCUT2D eigenvalue weighted by Crippen LogP contribution is 2.23. The van der Waals surface area contributed by atoms with E-state index >= 15 is 0 Å². The van der Waals surface area contributed by atoms with E-state index in [0.717, 1.165) is 16.5 Å². The molecule has 0 radical (unpaired) electrons. The number of ketones is 1. The lowest BCUT2D eigenvalue weighted by Gasteiger charge is -2.12. The molecule has 0 aliphatic rings. The Hall–Kier alpha value is -2.10. The van der Waals surface area contributed by atoms with Crippen LogP contribution >= 0.6 is 0 Å². The molecule has 1 unspecified atom stereocenters. The number of nitrogens with one attached hydrogen (secondary N) is 1. The number of hydrogen-bond donors (Lipinski definition) is 2. The number of Topliss-reactive ketones (excluding diaryl/α,β-unsaturated/α-hetero) is 1. The third kappa shape index (κ3) is 3.94. The van der Waals surface area contributed by atoms with Gasteiger partial charge in [0.1, 0.15) is 5.78 Å². The molecule has 1 aromatic carbocycles. The maximum absolute atomic E-state index is 11.9. The number of hydrogen-bond acceptors (Lipinski definition) is 2. The SMILES string of the molecule is CC(C)CC(=O)CC(Cc1c[nH]c2ccccc12)C(=O)O. The monoisotopic (exact) mass is 287 g/mol. The molecule has 0 aliphatic carbocycles. The van der Waals surface area contributed by atoms with Gasteiger partial charge in [-0.3, -0.25) is 9.59 Å². The van der Waals surface area contributed by atoms with E-state index in [0.29, 0.717) is 12.8 Å². The van der Waals surface area contributed by atoms with E-state index in [1.54, 1.807) is 0 Å². The summed E-state index contributed by atoms with van der Waals surface area (Å²) in [5, 5.41) is 10.4. The average molecular weight is 287 g/mol. The molecule has 1 heterocycles. The number of aliphatic carboxylic acids is 1. The quantitative estimate of drug-likeness (QED) is 0.819. The van der Waals surface area contributed by atoms with Crippen LogP contribution in [0.4, 0.5) is 0 Å². The summed E-state index contributed by atoms with van der Waals surface area (Å²) in [7, 11) is 0. The molecule has 0 amide bonds. The second-order valence-corrected chi connectivity index (χ2v) is 5.94. The molecule has 112 valence electrons. The van der Waals surface area contributed by atoms with Crippen molar-refractivity contribution in [2.75, 3.05) is 0 Å². The third-order valence-corrected chi connectivity index (χ3v) is 3.60. The van der Waals surface area contributed by atoms with Crippen molar-refractivity contribution in [3.63, 3.8) is 0 Å². The van der Waals surface area contributed by atoms with Crippen LogP contribution in [-0.4, -0.2) is 21.8 Å². The molecule has 21 heavy (non-hydrogen) atoms. The number of carbonyl (C=O) groups is 2. The number of aromatic amines is 1. The summed E-state index contributed by atoms with van der Waals surface area (Å²) in [6.07, 6.45) is 2.77. The minimum absolute atomic E-state index is 0.0252. The van der Waals surface area contributed by atoms with Gasteiger partial charge in [0.05, 0.1) is 5.92 Å². The maximum atomic E-state index is 11.9. The normalized spacial score (nSPS) is 12.7. The Bertz CT molecular complexity index is 642.